The van der Waals surface area contributed by atoms with Crippen LogP contribution in [0.4, 0.5) is 22.0 Å². The summed E-state index contributed by atoms with van der Waals surface area (Å²) in [6.45, 7) is 2.00. The Hall–Kier alpha value is -1.13. The van der Waals surface area contributed by atoms with Gasteiger partial charge in [-0.3, -0.25) is 0 Å². The maximum Gasteiger partial charge on any atom is 0.194 e. The molecule has 0 radical (unpaired) electrons. The third-order valence-electron chi connectivity index (χ3n) is 5.92. The highest BCUT2D eigenvalue weighted by atomic mass is 19.2. The fourth-order valence-electron chi connectivity index (χ4n) is 4.78. The van der Waals surface area contributed by atoms with Gasteiger partial charge in [-0.25, -0.2) is 22.0 Å². The summed E-state index contributed by atoms with van der Waals surface area (Å²) in [6.07, 6.45) is 1.15. The Morgan fingerprint density at radius 2 is 1.67 bits per heavy atom. The van der Waals surface area contributed by atoms with Crippen LogP contribution in [0.15, 0.2) is 12.1 Å². The number of halogens is 5. The number of hydrogen-bond acceptors (Lipinski definition) is 0. The van der Waals surface area contributed by atoms with Crippen LogP contribution in [0, 0.1) is 35.2 Å². The van der Waals surface area contributed by atoms with E-state index in [9.17, 15) is 22.0 Å². The Kier molecular flexibility index (Phi) is 5.16. The standard InChI is InChI=1S/C19H23F5/c1-2-3-12-6-11-5-4-10(7-14(20)17(11)18(12)23)13-8-15(21)19(24)16(22)9-13/h8-12,14,17-18H,2-7H2,1H3. The first-order chi connectivity index (χ1) is 11.4. The number of benzene rings is 1. The van der Waals surface area contributed by atoms with Crippen LogP contribution in [0.25, 0.3) is 0 Å². The summed E-state index contributed by atoms with van der Waals surface area (Å²) in [7, 11) is 0. The summed E-state index contributed by atoms with van der Waals surface area (Å²) in [5, 5.41) is 0. The van der Waals surface area contributed by atoms with Crippen molar-refractivity contribution in [2.75, 3.05) is 0 Å². The van der Waals surface area contributed by atoms with Gasteiger partial charge in [0.25, 0.3) is 0 Å². The number of rotatable bonds is 3. The first-order valence-corrected chi connectivity index (χ1v) is 8.84. The predicted molar refractivity (Wildman–Crippen MR) is 82.7 cm³/mol. The molecule has 0 nitrogen and oxygen atoms in total. The summed E-state index contributed by atoms with van der Waals surface area (Å²) in [4.78, 5) is 0. The van der Waals surface area contributed by atoms with Crippen LogP contribution in [0.1, 0.15) is 56.9 Å². The average molecular weight is 346 g/mol. The van der Waals surface area contributed by atoms with Crippen molar-refractivity contribution in [3.05, 3.63) is 35.1 Å². The van der Waals surface area contributed by atoms with Crippen molar-refractivity contribution >= 4 is 0 Å². The molecular formula is C19H23F5. The molecule has 0 bridgehead atoms. The largest absolute Gasteiger partial charge is 0.247 e. The fraction of sp³-hybridized carbons (Fsp3) is 0.684. The van der Waals surface area contributed by atoms with Gasteiger partial charge in [-0.05, 0) is 67.6 Å². The van der Waals surface area contributed by atoms with Crippen molar-refractivity contribution in [1.82, 2.24) is 0 Å². The van der Waals surface area contributed by atoms with E-state index in [1.54, 1.807) is 0 Å². The Morgan fingerprint density at radius 3 is 2.29 bits per heavy atom. The van der Waals surface area contributed by atoms with Crippen molar-refractivity contribution in [1.29, 1.82) is 0 Å². The van der Waals surface area contributed by atoms with E-state index in [1.807, 2.05) is 6.92 Å². The van der Waals surface area contributed by atoms with Crippen LogP contribution in [-0.2, 0) is 0 Å². The van der Waals surface area contributed by atoms with Gasteiger partial charge in [0.05, 0.1) is 0 Å². The Labute approximate surface area is 139 Å². The first-order valence-electron chi connectivity index (χ1n) is 8.84. The van der Waals surface area contributed by atoms with E-state index in [1.165, 1.54) is 0 Å². The van der Waals surface area contributed by atoms with Crippen molar-refractivity contribution in [2.45, 2.75) is 63.7 Å². The monoisotopic (exact) mass is 346 g/mol. The van der Waals surface area contributed by atoms with Gasteiger partial charge in [-0.1, -0.05) is 13.3 Å². The second-order valence-electron chi connectivity index (χ2n) is 7.39. The molecular weight excluding hydrogens is 323 g/mol. The third-order valence-corrected chi connectivity index (χ3v) is 5.92. The van der Waals surface area contributed by atoms with E-state index < -0.39 is 41.6 Å². The summed E-state index contributed by atoms with van der Waals surface area (Å²) < 4.78 is 69.4. The van der Waals surface area contributed by atoms with Gasteiger partial charge >= 0.3 is 0 Å². The molecule has 0 aliphatic heterocycles. The summed E-state index contributed by atoms with van der Waals surface area (Å²) >= 11 is 0. The van der Waals surface area contributed by atoms with Gasteiger partial charge in [0, 0.05) is 5.92 Å². The van der Waals surface area contributed by atoms with Crippen molar-refractivity contribution < 1.29 is 22.0 Å². The SMILES string of the molecule is CCCC1CC2CCC(c3cc(F)c(F)c(F)c3)CC(F)C2C1F. The van der Waals surface area contributed by atoms with Gasteiger partial charge in [0.2, 0.25) is 0 Å². The lowest BCUT2D eigenvalue weighted by atomic mass is 9.87. The maximum atomic E-state index is 14.8. The molecule has 0 heterocycles. The molecule has 5 heteroatoms. The Bertz CT molecular complexity index is 564. The summed E-state index contributed by atoms with van der Waals surface area (Å²) in [5.41, 5.74) is 0.273. The minimum absolute atomic E-state index is 0.00769. The highest BCUT2D eigenvalue weighted by Crippen LogP contribution is 2.50. The van der Waals surface area contributed by atoms with E-state index in [-0.39, 0.29) is 23.8 Å². The molecule has 2 aliphatic rings. The molecule has 1 aromatic rings. The molecule has 6 atom stereocenters. The first kappa shape index (κ1) is 17.7. The van der Waals surface area contributed by atoms with Crippen molar-refractivity contribution in [3.8, 4) is 0 Å². The number of hydrogen-bond donors (Lipinski definition) is 0. The third kappa shape index (κ3) is 3.18. The van der Waals surface area contributed by atoms with Crippen LogP contribution >= 0.6 is 0 Å². The van der Waals surface area contributed by atoms with Gasteiger partial charge < -0.3 is 0 Å². The molecule has 3 rings (SSSR count). The van der Waals surface area contributed by atoms with Crippen LogP contribution in [0.5, 0.6) is 0 Å². The van der Waals surface area contributed by atoms with Gasteiger partial charge in [0.1, 0.15) is 12.3 Å². The molecule has 134 valence electrons. The zero-order chi connectivity index (χ0) is 17.4. The highest BCUT2D eigenvalue weighted by molar-refractivity contribution is 5.24. The lowest BCUT2D eigenvalue weighted by Crippen LogP contribution is -2.28. The quantitative estimate of drug-likeness (QED) is 0.458. The van der Waals surface area contributed by atoms with Crippen molar-refractivity contribution in [3.63, 3.8) is 0 Å². The van der Waals surface area contributed by atoms with E-state index in [0.717, 1.165) is 25.0 Å². The smallest absolute Gasteiger partial charge is 0.194 e. The molecule has 0 amide bonds. The van der Waals surface area contributed by atoms with Gasteiger partial charge in [-0.15, -0.1) is 0 Å². The van der Waals surface area contributed by atoms with Gasteiger partial charge in [-0.2, -0.15) is 0 Å². The highest BCUT2D eigenvalue weighted by Gasteiger charge is 2.49. The lowest BCUT2D eigenvalue weighted by Gasteiger charge is -2.23. The molecule has 6 unspecified atom stereocenters. The fourth-order valence-corrected chi connectivity index (χ4v) is 4.78. The second-order valence-corrected chi connectivity index (χ2v) is 7.39. The van der Waals surface area contributed by atoms with Crippen LogP contribution in [-0.4, -0.2) is 12.3 Å². The number of fused-ring (bicyclic) bond motifs is 1. The summed E-state index contributed by atoms with van der Waals surface area (Å²) in [6, 6.07) is 1.90. The number of alkyl halides is 2. The van der Waals surface area contributed by atoms with E-state index >= 15 is 0 Å². The summed E-state index contributed by atoms with van der Waals surface area (Å²) in [5.74, 6) is -5.10. The van der Waals surface area contributed by atoms with Crippen LogP contribution in [0.2, 0.25) is 0 Å². The van der Waals surface area contributed by atoms with Crippen LogP contribution < -0.4 is 0 Å². The molecule has 1 aromatic carbocycles. The Morgan fingerprint density at radius 1 is 1.00 bits per heavy atom. The molecule has 0 spiro atoms. The molecule has 2 fully saturated rings. The van der Waals surface area contributed by atoms with E-state index in [4.69, 9.17) is 0 Å². The Balaban J connectivity index is 1.78. The predicted octanol–water partition coefficient (Wildman–Crippen LogP) is 6.10. The molecule has 24 heavy (non-hydrogen) atoms. The van der Waals surface area contributed by atoms with E-state index in [2.05, 4.69) is 0 Å². The average Bonchev–Trinajstić information content (AvgIpc) is 2.74. The van der Waals surface area contributed by atoms with Crippen LogP contribution in [0.3, 0.4) is 0 Å². The molecule has 0 N–H and O–H groups in total. The van der Waals surface area contributed by atoms with Crippen molar-refractivity contribution in [2.24, 2.45) is 17.8 Å². The zero-order valence-electron chi connectivity index (χ0n) is 13.8. The topological polar surface area (TPSA) is 0 Å². The normalized spacial score (nSPS) is 36.4. The minimum atomic E-state index is -1.51. The van der Waals surface area contributed by atoms with Gasteiger partial charge in [0.15, 0.2) is 17.5 Å². The molecule has 0 saturated heterocycles. The second kappa shape index (κ2) is 7.01. The maximum absolute atomic E-state index is 14.8. The molecule has 2 saturated carbocycles. The molecule has 0 aromatic heterocycles. The lowest BCUT2D eigenvalue weighted by molar-refractivity contribution is 0.101. The van der Waals surface area contributed by atoms with E-state index in [0.29, 0.717) is 19.3 Å². The molecule has 2 aliphatic carbocycles. The minimum Gasteiger partial charge on any atom is -0.247 e. The zero-order valence-corrected chi connectivity index (χ0v) is 13.8.